The molecule has 3 aliphatic heterocycles. The number of hydrogen-bond acceptors (Lipinski definition) is 5. The van der Waals surface area contributed by atoms with E-state index in [2.05, 4.69) is 6.07 Å². The second-order valence-corrected chi connectivity index (χ2v) is 11.0. The zero-order valence-corrected chi connectivity index (χ0v) is 19.7. The van der Waals surface area contributed by atoms with Crippen LogP contribution in [0.3, 0.4) is 0 Å². The van der Waals surface area contributed by atoms with Crippen molar-refractivity contribution < 1.29 is 32.0 Å². The lowest BCUT2D eigenvalue weighted by molar-refractivity contribution is -0.917. The van der Waals surface area contributed by atoms with E-state index >= 15 is 0 Å². The Bertz CT molecular complexity index is 1150. The molecular formula is C24H29FN3O5S+. The minimum atomic E-state index is -3.75. The Balaban J connectivity index is 1.16. The molecule has 3 aliphatic rings. The number of nitrogens with one attached hydrogen (secondary N) is 1. The molecule has 0 bridgehead atoms. The van der Waals surface area contributed by atoms with E-state index in [1.807, 2.05) is 17.0 Å². The number of halogens is 1. The van der Waals surface area contributed by atoms with Crippen molar-refractivity contribution in [2.45, 2.75) is 24.3 Å². The molecule has 5 rings (SSSR count). The number of rotatable bonds is 5. The van der Waals surface area contributed by atoms with Crippen LogP contribution in [0, 0.1) is 11.7 Å². The Morgan fingerprint density at radius 3 is 2.53 bits per heavy atom. The van der Waals surface area contributed by atoms with E-state index in [0.717, 1.165) is 43.3 Å². The number of piperazine rings is 1. The SMILES string of the molecule is O=C([C@H]1CCCN(S(=O)(=O)c2ccc(F)cc2)C1)N1CC[NH+](Cc2ccc3c(c2)OCO3)CC1. The van der Waals surface area contributed by atoms with Crippen LogP contribution in [-0.2, 0) is 21.4 Å². The molecule has 3 heterocycles. The summed E-state index contributed by atoms with van der Waals surface area (Å²) in [5.41, 5.74) is 1.17. The van der Waals surface area contributed by atoms with Crippen molar-refractivity contribution in [2.75, 3.05) is 46.1 Å². The van der Waals surface area contributed by atoms with Gasteiger partial charge in [-0.2, -0.15) is 4.31 Å². The smallest absolute Gasteiger partial charge is 0.243 e. The van der Waals surface area contributed by atoms with Crippen molar-refractivity contribution in [1.82, 2.24) is 9.21 Å². The first-order valence-electron chi connectivity index (χ1n) is 11.7. The number of amides is 1. The van der Waals surface area contributed by atoms with Crippen molar-refractivity contribution in [3.8, 4) is 11.5 Å². The molecule has 1 N–H and O–H groups in total. The molecule has 0 spiro atoms. The van der Waals surface area contributed by atoms with Crippen molar-refractivity contribution >= 4 is 15.9 Å². The van der Waals surface area contributed by atoms with E-state index in [-0.39, 0.29) is 30.1 Å². The number of piperidine rings is 1. The van der Waals surface area contributed by atoms with Crippen molar-refractivity contribution in [3.63, 3.8) is 0 Å². The Kier molecular flexibility index (Phi) is 6.46. The summed E-state index contributed by atoms with van der Waals surface area (Å²) in [4.78, 5) is 16.5. The lowest BCUT2D eigenvalue weighted by atomic mass is 9.97. The Morgan fingerprint density at radius 1 is 1.03 bits per heavy atom. The molecule has 2 saturated heterocycles. The lowest BCUT2D eigenvalue weighted by Crippen LogP contribution is -3.13. The Hall–Kier alpha value is -2.69. The van der Waals surface area contributed by atoms with Crippen molar-refractivity contribution in [2.24, 2.45) is 5.92 Å². The third kappa shape index (κ3) is 4.75. The van der Waals surface area contributed by atoms with Gasteiger partial charge in [0.2, 0.25) is 22.7 Å². The predicted molar refractivity (Wildman–Crippen MR) is 121 cm³/mol. The number of quaternary nitrogens is 1. The number of hydrogen-bond donors (Lipinski definition) is 1. The first kappa shape index (κ1) is 23.1. The molecule has 1 atom stereocenters. The fraction of sp³-hybridized carbons (Fsp3) is 0.458. The molecule has 2 fully saturated rings. The standard InChI is InChI=1S/C24H28FN3O5S/c25-20-4-6-21(7-5-20)34(30,31)28-9-1-2-19(16-28)24(29)27-12-10-26(11-13-27)15-18-3-8-22-23(14-18)33-17-32-22/h3-8,14,19H,1-2,9-13,15-17H2/p+1/t19-/m0/s1. The first-order chi connectivity index (χ1) is 16.4. The topological polar surface area (TPSA) is 80.6 Å². The summed E-state index contributed by atoms with van der Waals surface area (Å²) < 4.78 is 51.4. The maximum atomic E-state index is 13.2. The number of carbonyl (C=O) groups is 1. The maximum absolute atomic E-state index is 13.2. The molecule has 2 aromatic carbocycles. The summed E-state index contributed by atoms with van der Waals surface area (Å²) in [7, 11) is -3.75. The molecule has 182 valence electrons. The fourth-order valence-electron chi connectivity index (χ4n) is 4.94. The van der Waals surface area contributed by atoms with E-state index in [4.69, 9.17) is 9.47 Å². The van der Waals surface area contributed by atoms with Gasteiger partial charge >= 0.3 is 0 Å². The molecule has 2 aromatic rings. The minimum absolute atomic E-state index is 0.0288. The zero-order valence-electron chi connectivity index (χ0n) is 18.9. The summed E-state index contributed by atoms with van der Waals surface area (Å²) in [5.74, 6) is 0.756. The van der Waals surface area contributed by atoms with Crippen LogP contribution in [-0.4, -0.2) is 69.6 Å². The van der Waals surface area contributed by atoms with E-state index in [0.29, 0.717) is 32.5 Å². The van der Waals surface area contributed by atoms with Crippen LogP contribution in [0.15, 0.2) is 47.4 Å². The quantitative estimate of drug-likeness (QED) is 0.673. The molecule has 0 aromatic heterocycles. The van der Waals surface area contributed by atoms with Crippen LogP contribution in [0.25, 0.3) is 0 Å². The number of nitrogens with zero attached hydrogens (tertiary/aromatic N) is 2. The van der Waals surface area contributed by atoms with Crippen LogP contribution in [0.4, 0.5) is 4.39 Å². The second-order valence-electron chi connectivity index (χ2n) is 9.10. The van der Waals surface area contributed by atoms with Gasteiger partial charge in [0.25, 0.3) is 0 Å². The van der Waals surface area contributed by atoms with Crippen molar-refractivity contribution in [3.05, 3.63) is 53.8 Å². The van der Waals surface area contributed by atoms with Crippen molar-refractivity contribution in [1.29, 1.82) is 0 Å². The monoisotopic (exact) mass is 490 g/mol. The van der Waals surface area contributed by atoms with Gasteiger partial charge in [-0.05, 0) is 55.3 Å². The second kappa shape index (κ2) is 9.52. The molecular weight excluding hydrogens is 461 g/mol. The fourth-order valence-corrected chi connectivity index (χ4v) is 6.46. The lowest BCUT2D eigenvalue weighted by Gasteiger charge is -2.37. The van der Waals surface area contributed by atoms with Gasteiger partial charge < -0.3 is 19.3 Å². The molecule has 0 radical (unpaired) electrons. The van der Waals surface area contributed by atoms with Gasteiger partial charge in [0, 0.05) is 18.7 Å². The van der Waals surface area contributed by atoms with Crippen LogP contribution in [0.2, 0.25) is 0 Å². The number of ether oxygens (including phenoxy) is 2. The third-order valence-corrected chi connectivity index (χ3v) is 8.74. The largest absolute Gasteiger partial charge is 0.454 e. The average molecular weight is 491 g/mol. The number of sulfonamides is 1. The molecule has 1 amide bonds. The van der Waals surface area contributed by atoms with Gasteiger partial charge in [-0.15, -0.1) is 0 Å². The minimum Gasteiger partial charge on any atom is -0.454 e. The summed E-state index contributed by atoms with van der Waals surface area (Å²) in [6.45, 7) is 4.64. The summed E-state index contributed by atoms with van der Waals surface area (Å²) in [5, 5.41) is 0. The van der Waals surface area contributed by atoms with Crippen LogP contribution < -0.4 is 14.4 Å². The molecule has 8 nitrogen and oxygen atoms in total. The van der Waals surface area contributed by atoms with Gasteiger partial charge in [-0.3, -0.25) is 4.79 Å². The molecule has 10 heteroatoms. The van der Waals surface area contributed by atoms with Gasteiger partial charge in [0.05, 0.1) is 37.0 Å². The maximum Gasteiger partial charge on any atom is 0.243 e. The van der Waals surface area contributed by atoms with Crippen LogP contribution in [0.1, 0.15) is 18.4 Å². The van der Waals surface area contributed by atoms with Crippen LogP contribution >= 0.6 is 0 Å². The van der Waals surface area contributed by atoms with Gasteiger partial charge in [-0.1, -0.05) is 0 Å². The van der Waals surface area contributed by atoms with E-state index in [1.54, 1.807) is 0 Å². The normalized spacial score (nSPS) is 21.6. The van der Waals surface area contributed by atoms with Gasteiger partial charge in [0.1, 0.15) is 12.4 Å². The highest BCUT2D eigenvalue weighted by molar-refractivity contribution is 7.89. The molecule has 34 heavy (non-hydrogen) atoms. The number of benzene rings is 2. The summed E-state index contributed by atoms with van der Waals surface area (Å²) >= 11 is 0. The van der Waals surface area contributed by atoms with E-state index in [9.17, 15) is 17.6 Å². The van der Waals surface area contributed by atoms with Crippen LogP contribution in [0.5, 0.6) is 11.5 Å². The molecule has 0 unspecified atom stereocenters. The number of fused-ring (bicyclic) bond motifs is 1. The zero-order chi connectivity index (χ0) is 23.7. The highest BCUT2D eigenvalue weighted by Gasteiger charge is 2.36. The summed E-state index contributed by atoms with van der Waals surface area (Å²) in [6.07, 6.45) is 1.31. The Morgan fingerprint density at radius 2 is 1.76 bits per heavy atom. The highest BCUT2D eigenvalue weighted by Crippen LogP contribution is 2.32. The third-order valence-electron chi connectivity index (χ3n) is 6.86. The molecule has 0 saturated carbocycles. The van der Waals surface area contributed by atoms with E-state index < -0.39 is 15.8 Å². The Labute approximate surface area is 198 Å². The summed E-state index contributed by atoms with van der Waals surface area (Å²) in [6, 6.07) is 10.8. The highest BCUT2D eigenvalue weighted by atomic mass is 32.2. The van der Waals surface area contributed by atoms with Gasteiger partial charge in [0.15, 0.2) is 11.5 Å². The average Bonchev–Trinajstić information content (AvgIpc) is 3.32. The number of carbonyl (C=O) groups excluding carboxylic acids is 1. The van der Waals surface area contributed by atoms with E-state index in [1.165, 1.54) is 26.9 Å². The van der Waals surface area contributed by atoms with Gasteiger partial charge in [-0.25, -0.2) is 12.8 Å². The molecule has 0 aliphatic carbocycles. The predicted octanol–water partition coefficient (Wildman–Crippen LogP) is 0.882. The first-order valence-corrected chi connectivity index (χ1v) is 13.1.